The molecule has 1 fully saturated rings. The Labute approximate surface area is 127 Å². The number of alkyl halides is 3. The first-order chi connectivity index (χ1) is 9.86. The Balaban J connectivity index is 2.17. The summed E-state index contributed by atoms with van der Waals surface area (Å²) in [6.45, 7) is 9.77. The first-order valence-corrected chi connectivity index (χ1v) is 8.41. The molecule has 1 unspecified atom stereocenters. The lowest BCUT2D eigenvalue weighted by Crippen LogP contribution is -2.41. The van der Waals surface area contributed by atoms with Gasteiger partial charge in [-0.3, -0.25) is 0 Å². The number of nitrogens with zero attached hydrogens (tertiary/aromatic N) is 1. The topological polar surface area (TPSA) is 15.3 Å². The molecule has 126 valence electrons. The van der Waals surface area contributed by atoms with Crippen LogP contribution in [0.1, 0.15) is 59.3 Å². The summed E-state index contributed by atoms with van der Waals surface area (Å²) in [6, 6.07) is 0.667. The largest absolute Gasteiger partial charge is 0.391 e. The molecule has 0 spiro atoms. The zero-order valence-electron chi connectivity index (χ0n) is 13.7. The molecule has 21 heavy (non-hydrogen) atoms. The summed E-state index contributed by atoms with van der Waals surface area (Å²) in [7, 11) is 0. The highest BCUT2D eigenvalue weighted by atomic mass is 19.4. The molecule has 0 aliphatic heterocycles. The van der Waals surface area contributed by atoms with Crippen molar-refractivity contribution in [3.05, 3.63) is 0 Å². The van der Waals surface area contributed by atoms with Crippen molar-refractivity contribution in [1.82, 2.24) is 10.2 Å². The van der Waals surface area contributed by atoms with E-state index in [-0.39, 0.29) is 18.9 Å². The summed E-state index contributed by atoms with van der Waals surface area (Å²) in [6.07, 6.45) is 0.125. The number of nitrogens with one attached hydrogen (secondary N) is 1. The highest BCUT2D eigenvalue weighted by molar-refractivity contribution is 4.82. The predicted molar refractivity (Wildman–Crippen MR) is 81.4 cm³/mol. The maximum absolute atomic E-state index is 12.6. The van der Waals surface area contributed by atoms with E-state index >= 15 is 0 Å². The molecule has 0 saturated heterocycles. The van der Waals surface area contributed by atoms with Crippen molar-refractivity contribution in [3.63, 3.8) is 0 Å². The standard InChI is InChI=1S/C16H31F3N2/c1-4-21(5-2)12-6-7-13(3)20-15-10-8-14(9-11-15)16(17,18)19/h13-15,20H,4-12H2,1-3H3. The molecule has 0 aromatic heterocycles. The monoisotopic (exact) mass is 308 g/mol. The van der Waals surface area contributed by atoms with Crippen LogP contribution in [-0.2, 0) is 0 Å². The summed E-state index contributed by atoms with van der Waals surface area (Å²) in [4.78, 5) is 2.40. The van der Waals surface area contributed by atoms with Gasteiger partial charge in [-0.2, -0.15) is 13.2 Å². The molecule has 1 aliphatic rings. The van der Waals surface area contributed by atoms with Gasteiger partial charge >= 0.3 is 6.18 Å². The zero-order chi connectivity index (χ0) is 15.9. The van der Waals surface area contributed by atoms with Crippen LogP contribution in [-0.4, -0.2) is 42.8 Å². The van der Waals surface area contributed by atoms with Crippen LogP contribution < -0.4 is 5.32 Å². The first-order valence-electron chi connectivity index (χ1n) is 8.41. The Morgan fingerprint density at radius 2 is 1.67 bits per heavy atom. The molecule has 1 saturated carbocycles. The van der Waals surface area contributed by atoms with Gasteiger partial charge in [-0.15, -0.1) is 0 Å². The van der Waals surface area contributed by atoms with Crippen molar-refractivity contribution in [2.45, 2.75) is 77.6 Å². The second kappa shape index (κ2) is 8.99. The summed E-state index contributed by atoms with van der Waals surface area (Å²) in [5, 5.41) is 3.51. The third-order valence-electron chi connectivity index (χ3n) is 4.72. The third kappa shape index (κ3) is 7.00. The van der Waals surface area contributed by atoms with E-state index in [1.54, 1.807) is 0 Å². The molecule has 0 aromatic carbocycles. The van der Waals surface area contributed by atoms with E-state index in [1.807, 2.05) is 0 Å². The van der Waals surface area contributed by atoms with Gasteiger partial charge < -0.3 is 10.2 Å². The fraction of sp³-hybridized carbons (Fsp3) is 1.00. The smallest absolute Gasteiger partial charge is 0.312 e. The summed E-state index contributed by atoms with van der Waals surface area (Å²) in [5.41, 5.74) is 0. The lowest BCUT2D eigenvalue weighted by atomic mass is 9.85. The van der Waals surface area contributed by atoms with E-state index in [0.717, 1.165) is 32.5 Å². The molecule has 0 amide bonds. The second-order valence-corrected chi connectivity index (χ2v) is 6.33. The second-order valence-electron chi connectivity index (χ2n) is 6.33. The van der Waals surface area contributed by atoms with E-state index in [4.69, 9.17) is 0 Å². The van der Waals surface area contributed by atoms with Crippen LogP contribution >= 0.6 is 0 Å². The molecule has 0 bridgehead atoms. The molecule has 0 radical (unpaired) electrons. The average molecular weight is 308 g/mol. The maximum atomic E-state index is 12.6. The van der Waals surface area contributed by atoms with Crippen molar-refractivity contribution in [2.24, 2.45) is 5.92 Å². The Kier molecular flexibility index (Phi) is 8.03. The van der Waals surface area contributed by atoms with Crippen LogP contribution in [0.4, 0.5) is 13.2 Å². The molecule has 2 nitrogen and oxygen atoms in total. The van der Waals surface area contributed by atoms with Gasteiger partial charge in [0.25, 0.3) is 0 Å². The minimum Gasteiger partial charge on any atom is -0.312 e. The Bertz CT molecular complexity index is 269. The summed E-state index contributed by atoms with van der Waals surface area (Å²) in [5.74, 6) is -1.08. The molecular formula is C16H31F3N2. The van der Waals surface area contributed by atoms with Crippen molar-refractivity contribution in [1.29, 1.82) is 0 Å². The SMILES string of the molecule is CCN(CC)CCCC(C)NC1CCC(C(F)(F)F)CC1. The van der Waals surface area contributed by atoms with Crippen molar-refractivity contribution >= 4 is 0 Å². The molecule has 0 aromatic rings. The third-order valence-corrected chi connectivity index (χ3v) is 4.72. The van der Waals surface area contributed by atoms with Gasteiger partial charge in [-0.1, -0.05) is 13.8 Å². The van der Waals surface area contributed by atoms with Crippen molar-refractivity contribution in [3.8, 4) is 0 Å². The minimum atomic E-state index is -4.00. The zero-order valence-corrected chi connectivity index (χ0v) is 13.7. The van der Waals surface area contributed by atoms with Gasteiger partial charge in [0.15, 0.2) is 0 Å². The number of halogens is 3. The minimum absolute atomic E-state index is 0.270. The fourth-order valence-electron chi connectivity index (χ4n) is 3.23. The molecule has 5 heteroatoms. The number of rotatable bonds is 8. The highest BCUT2D eigenvalue weighted by Gasteiger charge is 2.41. The van der Waals surface area contributed by atoms with Crippen LogP contribution in [0.3, 0.4) is 0 Å². The van der Waals surface area contributed by atoms with Crippen LogP contribution in [0.15, 0.2) is 0 Å². The van der Waals surface area contributed by atoms with Crippen LogP contribution in [0.25, 0.3) is 0 Å². The van der Waals surface area contributed by atoms with Crippen molar-refractivity contribution < 1.29 is 13.2 Å². The van der Waals surface area contributed by atoms with E-state index < -0.39 is 12.1 Å². The van der Waals surface area contributed by atoms with Gasteiger partial charge in [0, 0.05) is 12.1 Å². The number of hydrogen-bond donors (Lipinski definition) is 1. The van der Waals surface area contributed by atoms with E-state index in [2.05, 4.69) is 31.0 Å². The molecular weight excluding hydrogens is 277 g/mol. The average Bonchev–Trinajstić information content (AvgIpc) is 2.43. The molecule has 1 aliphatic carbocycles. The Morgan fingerprint density at radius 3 is 2.14 bits per heavy atom. The summed E-state index contributed by atoms with van der Waals surface area (Å²) < 4.78 is 37.8. The lowest BCUT2D eigenvalue weighted by Gasteiger charge is -2.32. The van der Waals surface area contributed by atoms with E-state index in [9.17, 15) is 13.2 Å². The molecule has 1 rings (SSSR count). The van der Waals surface area contributed by atoms with Crippen LogP contribution in [0.5, 0.6) is 0 Å². The normalized spacial score (nSPS) is 25.3. The van der Waals surface area contributed by atoms with Crippen molar-refractivity contribution in [2.75, 3.05) is 19.6 Å². The van der Waals surface area contributed by atoms with Gasteiger partial charge in [0.05, 0.1) is 5.92 Å². The number of hydrogen-bond acceptors (Lipinski definition) is 2. The van der Waals surface area contributed by atoms with Gasteiger partial charge in [-0.05, 0) is 65.1 Å². The Morgan fingerprint density at radius 1 is 1.10 bits per heavy atom. The molecule has 1 atom stereocenters. The molecule has 0 heterocycles. The lowest BCUT2D eigenvalue weighted by molar-refractivity contribution is -0.182. The van der Waals surface area contributed by atoms with Crippen LogP contribution in [0, 0.1) is 5.92 Å². The highest BCUT2D eigenvalue weighted by Crippen LogP contribution is 2.37. The van der Waals surface area contributed by atoms with E-state index in [1.165, 1.54) is 0 Å². The van der Waals surface area contributed by atoms with Crippen LogP contribution in [0.2, 0.25) is 0 Å². The predicted octanol–water partition coefficient (Wildman–Crippen LogP) is 4.21. The fourth-order valence-corrected chi connectivity index (χ4v) is 3.23. The maximum Gasteiger partial charge on any atom is 0.391 e. The van der Waals surface area contributed by atoms with Gasteiger partial charge in [0.1, 0.15) is 0 Å². The van der Waals surface area contributed by atoms with Gasteiger partial charge in [0.2, 0.25) is 0 Å². The van der Waals surface area contributed by atoms with E-state index in [0.29, 0.717) is 18.9 Å². The first kappa shape index (κ1) is 18.8. The molecule has 1 N–H and O–H groups in total. The summed E-state index contributed by atoms with van der Waals surface area (Å²) >= 11 is 0. The quantitative estimate of drug-likeness (QED) is 0.722. The van der Waals surface area contributed by atoms with Gasteiger partial charge in [-0.25, -0.2) is 0 Å². The Hall–Kier alpha value is -0.290.